The highest BCUT2D eigenvalue weighted by Crippen LogP contribution is 2.46. The molecule has 0 unspecified atom stereocenters. The molecular formula is C19H24O8. The summed E-state index contributed by atoms with van der Waals surface area (Å²) in [6, 6.07) is 2.90. The summed E-state index contributed by atoms with van der Waals surface area (Å²) in [6.45, 7) is 1.69. The van der Waals surface area contributed by atoms with Crippen molar-refractivity contribution in [3.8, 4) is 11.5 Å². The van der Waals surface area contributed by atoms with Gasteiger partial charge in [-0.3, -0.25) is 4.79 Å². The predicted molar refractivity (Wildman–Crippen MR) is 92.6 cm³/mol. The van der Waals surface area contributed by atoms with E-state index in [1.54, 1.807) is 13.0 Å². The van der Waals surface area contributed by atoms with Gasteiger partial charge in [0.1, 0.15) is 29.3 Å². The van der Waals surface area contributed by atoms with Crippen molar-refractivity contribution in [1.29, 1.82) is 0 Å². The standard InChI is InChI=1S/C19H24O8/c1-9-4-3-5-12(20)17(23)14(22)8-15-18(27-15)11-6-10(25-2)7-13(21)16(11)19(24)26-9/h6-7,9,14-15,17-18,21-23H,3-5,8H2,1-2H3/t9-,14-,15+,17+,18-/m0/s1. The molecule has 2 heterocycles. The number of hydrogen-bond acceptors (Lipinski definition) is 8. The molecule has 1 aromatic carbocycles. The van der Waals surface area contributed by atoms with E-state index in [0.717, 1.165) is 0 Å². The highest BCUT2D eigenvalue weighted by molar-refractivity contribution is 5.95. The Balaban J connectivity index is 1.95. The number of carbonyl (C=O) groups is 2. The van der Waals surface area contributed by atoms with Crippen LogP contribution in [0.1, 0.15) is 54.6 Å². The number of aromatic hydroxyl groups is 1. The monoisotopic (exact) mass is 380 g/mol. The fourth-order valence-corrected chi connectivity index (χ4v) is 3.38. The first-order valence-corrected chi connectivity index (χ1v) is 8.98. The third kappa shape index (κ3) is 4.23. The van der Waals surface area contributed by atoms with Gasteiger partial charge in [0.15, 0.2) is 5.78 Å². The molecule has 1 aromatic rings. The molecule has 0 aromatic heterocycles. The molecular weight excluding hydrogens is 356 g/mol. The zero-order valence-electron chi connectivity index (χ0n) is 15.3. The fraction of sp³-hybridized carbons (Fsp3) is 0.579. The molecule has 3 rings (SSSR count). The molecule has 8 heteroatoms. The summed E-state index contributed by atoms with van der Waals surface area (Å²) in [5.74, 6) is -1.07. The van der Waals surface area contributed by atoms with Crippen LogP contribution in [0, 0.1) is 0 Å². The maximum atomic E-state index is 12.6. The number of Topliss-reactive ketones (excluding diaryl/α,β-unsaturated/α-hetero) is 1. The third-order valence-electron chi connectivity index (χ3n) is 4.96. The highest BCUT2D eigenvalue weighted by Gasteiger charge is 2.46. The SMILES string of the molecule is COc1cc(O)c2c(c1)[C@@H]1O[C@@H]1C[C@H](O)[C@H](O)C(=O)CCC[C@H](C)OC2=O. The number of phenols is 1. The van der Waals surface area contributed by atoms with Crippen molar-refractivity contribution >= 4 is 11.8 Å². The average Bonchev–Trinajstić information content (AvgIpc) is 3.38. The van der Waals surface area contributed by atoms with Crippen LogP contribution in [-0.4, -0.2) is 58.6 Å². The summed E-state index contributed by atoms with van der Waals surface area (Å²) in [5, 5.41) is 30.5. The van der Waals surface area contributed by atoms with Gasteiger partial charge in [-0.15, -0.1) is 0 Å². The summed E-state index contributed by atoms with van der Waals surface area (Å²) in [6.07, 6.45) is -3.38. The number of hydrogen-bond donors (Lipinski definition) is 3. The average molecular weight is 380 g/mol. The Morgan fingerprint density at radius 3 is 2.67 bits per heavy atom. The summed E-state index contributed by atoms with van der Waals surface area (Å²) in [4.78, 5) is 24.6. The number of aliphatic hydroxyl groups excluding tert-OH is 2. The smallest absolute Gasteiger partial charge is 0.342 e. The molecule has 1 saturated heterocycles. The fourth-order valence-electron chi connectivity index (χ4n) is 3.38. The summed E-state index contributed by atoms with van der Waals surface area (Å²) >= 11 is 0. The molecule has 2 aliphatic heterocycles. The molecule has 148 valence electrons. The van der Waals surface area contributed by atoms with Crippen molar-refractivity contribution in [2.75, 3.05) is 7.11 Å². The molecule has 5 atom stereocenters. The van der Waals surface area contributed by atoms with Crippen molar-refractivity contribution in [3.63, 3.8) is 0 Å². The van der Waals surface area contributed by atoms with Gasteiger partial charge < -0.3 is 29.5 Å². The molecule has 0 amide bonds. The van der Waals surface area contributed by atoms with E-state index in [0.29, 0.717) is 24.2 Å². The van der Waals surface area contributed by atoms with Gasteiger partial charge in [-0.05, 0) is 25.8 Å². The van der Waals surface area contributed by atoms with E-state index >= 15 is 0 Å². The lowest BCUT2D eigenvalue weighted by atomic mass is 9.95. The normalized spacial score (nSPS) is 31.9. The van der Waals surface area contributed by atoms with Crippen LogP contribution < -0.4 is 4.74 Å². The molecule has 3 N–H and O–H groups in total. The van der Waals surface area contributed by atoms with Gasteiger partial charge in [0.05, 0.1) is 25.4 Å². The number of epoxide rings is 1. The van der Waals surface area contributed by atoms with Gasteiger partial charge in [0.25, 0.3) is 0 Å². The zero-order chi connectivity index (χ0) is 19.7. The van der Waals surface area contributed by atoms with Crippen LogP contribution in [-0.2, 0) is 14.3 Å². The first kappa shape index (κ1) is 19.6. The second-order valence-electron chi connectivity index (χ2n) is 7.03. The molecule has 1 fully saturated rings. The minimum Gasteiger partial charge on any atom is -0.507 e. The lowest BCUT2D eigenvalue weighted by Crippen LogP contribution is -2.35. The molecule has 0 saturated carbocycles. The Labute approximate surface area is 156 Å². The third-order valence-corrected chi connectivity index (χ3v) is 4.96. The Hall–Kier alpha value is -2.16. The van der Waals surface area contributed by atoms with Crippen LogP contribution in [0.3, 0.4) is 0 Å². The Morgan fingerprint density at radius 2 is 1.96 bits per heavy atom. The summed E-state index contributed by atoms with van der Waals surface area (Å²) in [7, 11) is 1.43. The quantitative estimate of drug-likeness (QED) is 0.491. The summed E-state index contributed by atoms with van der Waals surface area (Å²) < 4.78 is 16.1. The number of rotatable bonds is 1. The minimum atomic E-state index is -1.48. The minimum absolute atomic E-state index is 0.00155. The largest absolute Gasteiger partial charge is 0.507 e. The molecule has 27 heavy (non-hydrogen) atoms. The molecule has 8 nitrogen and oxygen atoms in total. The maximum Gasteiger partial charge on any atom is 0.342 e. The Kier molecular flexibility index (Phi) is 5.69. The zero-order valence-corrected chi connectivity index (χ0v) is 15.3. The van der Waals surface area contributed by atoms with Gasteiger partial charge in [-0.1, -0.05) is 0 Å². The van der Waals surface area contributed by atoms with Gasteiger partial charge in [-0.25, -0.2) is 4.79 Å². The van der Waals surface area contributed by atoms with Gasteiger partial charge in [0.2, 0.25) is 0 Å². The second kappa shape index (κ2) is 7.84. The number of ether oxygens (including phenoxy) is 3. The van der Waals surface area contributed by atoms with E-state index in [4.69, 9.17) is 14.2 Å². The van der Waals surface area contributed by atoms with Crippen LogP contribution in [0.15, 0.2) is 12.1 Å². The first-order chi connectivity index (χ1) is 12.8. The van der Waals surface area contributed by atoms with E-state index in [-0.39, 0.29) is 24.2 Å². The number of ketones is 1. The van der Waals surface area contributed by atoms with Crippen molar-refractivity contribution in [3.05, 3.63) is 23.3 Å². The van der Waals surface area contributed by atoms with E-state index in [1.165, 1.54) is 13.2 Å². The van der Waals surface area contributed by atoms with Gasteiger partial charge >= 0.3 is 5.97 Å². The van der Waals surface area contributed by atoms with E-state index < -0.39 is 42.3 Å². The first-order valence-electron chi connectivity index (χ1n) is 8.98. The number of cyclic esters (lactones) is 1. The maximum absolute atomic E-state index is 12.6. The highest BCUT2D eigenvalue weighted by atomic mass is 16.6. The number of methoxy groups -OCH3 is 1. The lowest BCUT2D eigenvalue weighted by molar-refractivity contribution is -0.133. The van der Waals surface area contributed by atoms with Crippen molar-refractivity contribution in [2.24, 2.45) is 0 Å². The number of benzene rings is 1. The van der Waals surface area contributed by atoms with Crippen LogP contribution in [0.4, 0.5) is 0 Å². The van der Waals surface area contributed by atoms with Crippen LogP contribution in [0.5, 0.6) is 11.5 Å². The van der Waals surface area contributed by atoms with Crippen molar-refractivity contribution in [1.82, 2.24) is 0 Å². The molecule has 0 radical (unpaired) electrons. The van der Waals surface area contributed by atoms with E-state index in [1.807, 2.05) is 0 Å². The second-order valence-corrected chi connectivity index (χ2v) is 7.03. The van der Waals surface area contributed by atoms with Crippen molar-refractivity contribution < 1.29 is 39.1 Å². The number of fused-ring (bicyclic) bond motifs is 3. The summed E-state index contributed by atoms with van der Waals surface area (Å²) in [5.41, 5.74) is 0.387. The van der Waals surface area contributed by atoms with Gasteiger partial charge in [-0.2, -0.15) is 0 Å². The van der Waals surface area contributed by atoms with Crippen LogP contribution in [0.25, 0.3) is 0 Å². The number of aliphatic hydroxyl groups is 2. The molecule has 2 aliphatic rings. The van der Waals surface area contributed by atoms with Crippen LogP contribution in [0.2, 0.25) is 0 Å². The lowest BCUT2D eigenvalue weighted by Gasteiger charge is -2.19. The molecule has 0 bridgehead atoms. The number of carbonyl (C=O) groups excluding carboxylic acids is 2. The molecule has 0 aliphatic carbocycles. The van der Waals surface area contributed by atoms with E-state index in [2.05, 4.69) is 0 Å². The van der Waals surface area contributed by atoms with Gasteiger partial charge in [0, 0.05) is 24.5 Å². The van der Waals surface area contributed by atoms with Crippen LogP contribution >= 0.6 is 0 Å². The Morgan fingerprint density at radius 1 is 1.22 bits per heavy atom. The predicted octanol–water partition coefficient (Wildman–Crippen LogP) is 1.25. The number of phenolic OH excluding ortho intramolecular Hbond substituents is 1. The number of esters is 1. The Bertz CT molecular complexity index is 731. The topological polar surface area (TPSA) is 126 Å². The molecule has 0 spiro atoms. The van der Waals surface area contributed by atoms with E-state index in [9.17, 15) is 24.9 Å². The van der Waals surface area contributed by atoms with Crippen molar-refractivity contribution in [2.45, 2.75) is 63.1 Å².